The predicted molar refractivity (Wildman–Crippen MR) is 41.8 cm³/mol. The van der Waals surface area contributed by atoms with Gasteiger partial charge in [-0.1, -0.05) is 0 Å². The van der Waals surface area contributed by atoms with E-state index in [1.54, 1.807) is 7.11 Å². The van der Waals surface area contributed by atoms with Gasteiger partial charge in [0.05, 0.1) is 5.60 Å². The smallest absolute Gasteiger partial charge is 0.0826 e. The van der Waals surface area contributed by atoms with Crippen LogP contribution in [0.2, 0.25) is 0 Å². The van der Waals surface area contributed by atoms with Crippen LogP contribution in [-0.2, 0) is 4.74 Å². The molecular weight excluding hydrogens is 126 g/mol. The molecule has 0 aromatic heterocycles. The van der Waals surface area contributed by atoms with Gasteiger partial charge in [0.25, 0.3) is 0 Å². The lowest BCUT2D eigenvalue weighted by atomic mass is 9.93. The summed E-state index contributed by atoms with van der Waals surface area (Å²) in [5, 5.41) is 0. The molecule has 0 radical (unpaired) electrons. The van der Waals surface area contributed by atoms with E-state index in [1.807, 2.05) is 6.92 Å². The molecule has 1 aliphatic carbocycles. The van der Waals surface area contributed by atoms with Gasteiger partial charge in [-0.15, -0.1) is 0 Å². The number of methoxy groups -OCH3 is 1. The van der Waals surface area contributed by atoms with Crippen LogP contribution in [0.3, 0.4) is 0 Å². The van der Waals surface area contributed by atoms with Crippen LogP contribution in [0, 0.1) is 5.92 Å². The van der Waals surface area contributed by atoms with Crippen LogP contribution in [-0.4, -0.2) is 18.8 Å². The highest BCUT2D eigenvalue weighted by Gasteiger charge is 2.44. The first-order chi connectivity index (χ1) is 4.61. The lowest BCUT2D eigenvalue weighted by Gasteiger charge is -2.32. The van der Waals surface area contributed by atoms with Crippen molar-refractivity contribution in [3.63, 3.8) is 0 Å². The summed E-state index contributed by atoms with van der Waals surface area (Å²) in [5.41, 5.74) is 5.73. The minimum atomic E-state index is -0.0694. The zero-order chi connectivity index (χ0) is 7.78. The maximum atomic E-state index is 5.80. The van der Waals surface area contributed by atoms with E-state index in [9.17, 15) is 0 Å². The summed E-state index contributed by atoms with van der Waals surface area (Å²) in [5.74, 6) is 0.706. The van der Waals surface area contributed by atoms with Crippen molar-refractivity contribution in [2.45, 2.75) is 38.3 Å². The Hall–Kier alpha value is -0.0800. The summed E-state index contributed by atoms with van der Waals surface area (Å²) in [6, 6.07) is 0.144. The Bertz CT molecular complexity index is 116. The molecular formula is C8H17NO. The molecule has 0 aliphatic heterocycles. The second kappa shape index (κ2) is 2.51. The highest BCUT2D eigenvalue weighted by Crippen LogP contribution is 2.42. The molecule has 0 heterocycles. The lowest BCUT2D eigenvalue weighted by Crippen LogP contribution is -2.46. The van der Waals surface area contributed by atoms with Gasteiger partial charge in [-0.05, 0) is 32.6 Å². The Balaban J connectivity index is 2.56. The fraction of sp³-hybridized carbons (Fsp3) is 1.00. The van der Waals surface area contributed by atoms with Gasteiger partial charge < -0.3 is 10.5 Å². The highest BCUT2D eigenvalue weighted by atomic mass is 16.5. The van der Waals surface area contributed by atoms with Crippen molar-refractivity contribution in [2.24, 2.45) is 11.7 Å². The summed E-state index contributed by atoms with van der Waals surface area (Å²) < 4.78 is 5.40. The van der Waals surface area contributed by atoms with Crippen molar-refractivity contribution in [1.82, 2.24) is 0 Å². The molecule has 0 saturated heterocycles. The van der Waals surface area contributed by atoms with Gasteiger partial charge >= 0.3 is 0 Å². The monoisotopic (exact) mass is 143 g/mol. The van der Waals surface area contributed by atoms with Crippen LogP contribution in [0.1, 0.15) is 26.7 Å². The first-order valence-electron chi connectivity index (χ1n) is 3.92. The van der Waals surface area contributed by atoms with Crippen LogP contribution >= 0.6 is 0 Å². The first kappa shape index (κ1) is 8.02. The predicted octanol–water partition coefficient (Wildman–Crippen LogP) is 1.15. The molecule has 2 N–H and O–H groups in total. The third kappa shape index (κ3) is 1.18. The van der Waals surface area contributed by atoms with Crippen molar-refractivity contribution in [3.8, 4) is 0 Å². The molecule has 2 nitrogen and oxygen atoms in total. The number of nitrogens with two attached hydrogens (primary N) is 1. The van der Waals surface area contributed by atoms with E-state index in [-0.39, 0.29) is 11.6 Å². The Morgan fingerprint density at radius 3 is 2.20 bits per heavy atom. The van der Waals surface area contributed by atoms with Gasteiger partial charge in [-0.25, -0.2) is 0 Å². The number of hydrogen-bond acceptors (Lipinski definition) is 2. The van der Waals surface area contributed by atoms with E-state index >= 15 is 0 Å². The summed E-state index contributed by atoms with van der Waals surface area (Å²) in [6.45, 7) is 4.12. The van der Waals surface area contributed by atoms with E-state index in [1.165, 1.54) is 12.8 Å². The van der Waals surface area contributed by atoms with Crippen molar-refractivity contribution >= 4 is 0 Å². The van der Waals surface area contributed by atoms with Crippen LogP contribution in [0.4, 0.5) is 0 Å². The van der Waals surface area contributed by atoms with Crippen LogP contribution in [0.25, 0.3) is 0 Å². The molecule has 2 unspecified atom stereocenters. The minimum absolute atomic E-state index is 0.0694. The third-order valence-corrected chi connectivity index (χ3v) is 2.73. The summed E-state index contributed by atoms with van der Waals surface area (Å²) in [7, 11) is 1.75. The standard InChI is InChI=1S/C8H17NO/c1-6(9)8(2,10-3)7-4-5-7/h6-7H,4-5,9H2,1-3H3. The maximum absolute atomic E-state index is 5.80. The van der Waals surface area contributed by atoms with Crippen molar-refractivity contribution in [1.29, 1.82) is 0 Å². The molecule has 10 heavy (non-hydrogen) atoms. The molecule has 0 spiro atoms. The molecule has 0 bridgehead atoms. The van der Waals surface area contributed by atoms with Crippen LogP contribution in [0.15, 0.2) is 0 Å². The fourth-order valence-electron chi connectivity index (χ4n) is 1.38. The summed E-state index contributed by atoms with van der Waals surface area (Å²) >= 11 is 0. The zero-order valence-electron chi connectivity index (χ0n) is 7.05. The SMILES string of the molecule is COC(C)(C(C)N)C1CC1. The lowest BCUT2D eigenvalue weighted by molar-refractivity contribution is -0.0296. The van der Waals surface area contributed by atoms with Gasteiger partial charge in [0, 0.05) is 13.2 Å². The van der Waals surface area contributed by atoms with Crippen molar-refractivity contribution in [2.75, 3.05) is 7.11 Å². The number of ether oxygens (including phenoxy) is 1. The molecule has 1 saturated carbocycles. The first-order valence-corrected chi connectivity index (χ1v) is 3.92. The zero-order valence-corrected chi connectivity index (χ0v) is 7.05. The number of rotatable bonds is 3. The molecule has 0 aromatic rings. The van der Waals surface area contributed by atoms with E-state index in [0.717, 1.165) is 0 Å². The van der Waals surface area contributed by atoms with Crippen LogP contribution < -0.4 is 5.73 Å². The highest BCUT2D eigenvalue weighted by molar-refractivity contribution is 4.97. The molecule has 1 aliphatic rings. The van der Waals surface area contributed by atoms with E-state index in [0.29, 0.717) is 5.92 Å². The van der Waals surface area contributed by atoms with Gasteiger partial charge in [0.2, 0.25) is 0 Å². The van der Waals surface area contributed by atoms with Crippen LogP contribution in [0.5, 0.6) is 0 Å². The Labute approximate surface area is 62.7 Å². The second-order valence-corrected chi connectivity index (χ2v) is 3.45. The molecule has 1 rings (SSSR count). The quantitative estimate of drug-likeness (QED) is 0.643. The van der Waals surface area contributed by atoms with Crippen molar-refractivity contribution in [3.05, 3.63) is 0 Å². The van der Waals surface area contributed by atoms with E-state index in [2.05, 4.69) is 6.92 Å². The molecule has 0 amide bonds. The summed E-state index contributed by atoms with van der Waals surface area (Å²) in [6.07, 6.45) is 2.57. The van der Waals surface area contributed by atoms with E-state index < -0.39 is 0 Å². The average Bonchev–Trinajstić information content (AvgIpc) is 2.67. The molecule has 60 valence electrons. The maximum Gasteiger partial charge on any atom is 0.0826 e. The number of hydrogen-bond donors (Lipinski definition) is 1. The third-order valence-electron chi connectivity index (χ3n) is 2.73. The molecule has 1 fully saturated rings. The normalized spacial score (nSPS) is 27.6. The Kier molecular flexibility index (Phi) is 2.02. The topological polar surface area (TPSA) is 35.2 Å². The van der Waals surface area contributed by atoms with Gasteiger partial charge in [-0.3, -0.25) is 0 Å². The molecule has 0 aromatic carbocycles. The molecule has 2 heteroatoms. The van der Waals surface area contributed by atoms with Gasteiger partial charge in [0.1, 0.15) is 0 Å². The summed E-state index contributed by atoms with van der Waals surface area (Å²) in [4.78, 5) is 0. The van der Waals surface area contributed by atoms with Gasteiger partial charge in [-0.2, -0.15) is 0 Å². The minimum Gasteiger partial charge on any atom is -0.377 e. The van der Waals surface area contributed by atoms with E-state index in [4.69, 9.17) is 10.5 Å². The van der Waals surface area contributed by atoms with Crippen molar-refractivity contribution < 1.29 is 4.74 Å². The Morgan fingerprint density at radius 2 is 2.10 bits per heavy atom. The Morgan fingerprint density at radius 1 is 1.60 bits per heavy atom. The average molecular weight is 143 g/mol. The molecule has 2 atom stereocenters. The largest absolute Gasteiger partial charge is 0.377 e. The second-order valence-electron chi connectivity index (χ2n) is 3.45. The van der Waals surface area contributed by atoms with Gasteiger partial charge in [0.15, 0.2) is 0 Å². The fourth-order valence-corrected chi connectivity index (χ4v) is 1.38.